The third kappa shape index (κ3) is 10.7. The van der Waals surface area contributed by atoms with Crippen molar-refractivity contribution < 1.29 is 75.4 Å². The fourth-order valence-corrected chi connectivity index (χ4v) is 8.16. The number of halogens is 8. The molecule has 6 rings (SSSR count). The summed E-state index contributed by atoms with van der Waals surface area (Å²) in [7, 11) is -1.06. The van der Waals surface area contributed by atoms with E-state index in [1.54, 1.807) is 5.19 Å². The van der Waals surface area contributed by atoms with Crippen molar-refractivity contribution >= 4 is 16.5 Å². The molecule has 0 aromatic heterocycles. The average Bonchev–Trinajstić information content (AvgIpc) is 3.55. The third-order valence-electron chi connectivity index (χ3n) is 7.62. The molecule has 0 heterocycles. The molecule has 0 fully saturated rings. The first-order chi connectivity index (χ1) is 21.4. The Labute approximate surface area is 307 Å². The van der Waals surface area contributed by atoms with Gasteiger partial charge in [0.25, 0.3) is 0 Å². The van der Waals surface area contributed by atoms with Crippen molar-refractivity contribution in [1.82, 2.24) is 0 Å². The van der Waals surface area contributed by atoms with Crippen LogP contribution in [0, 0.1) is 19.9 Å². The summed E-state index contributed by atoms with van der Waals surface area (Å²) in [5, 5.41) is 1.62. The normalized spacial score (nSPS) is 11.8. The molecule has 48 heavy (non-hydrogen) atoms. The molecule has 0 saturated heterocycles. The zero-order valence-electron chi connectivity index (χ0n) is 27.0. The number of benzene rings is 4. The summed E-state index contributed by atoms with van der Waals surface area (Å²) >= 11 is 0.729. The number of hydrogen-bond acceptors (Lipinski definition) is 0. The molecule has 0 aliphatic heterocycles. The van der Waals surface area contributed by atoms with Gasteiger partial charge in [-0.1, -0.05) is 68.9 Å². The molecular formula is C38H34Cl2F6SiZr-2. The van der Waals surface area contributed by atoms with Crippen LogP contribution >= 0.6 is 0 Å². The maximum atomic E-state index is 12.7. The van der Waals surface area contributed by atoms with E-state index in [2.05, 4.69) is 88.1 Å². The summed E-state index contributed by atoms with van der Waals surface area (Å²) in [6.07, 6.45) is -7.92. The van der Waals surface area contributed by atoms with E-state index < -0.39 is 31.6 Å². The van der Waals surface area contributed by atoms with Crippen molar-refractivity contribution in [2.24, 2.45) is 0 Å². The standard InChI is InChI=1S/C15H8F6.C13H9.C10H17Si.2ClH.Zr/c16-14(17,18)12-5-1-3-10(8-12)7-11-4-2-6-13(9-11)15(19,20)21;1-3-7-12-10(5-1)9-11-6-2-4-8-13(11)12;1-8-6-9(2)10(7-8)11(3,4)5;;;/h1-6,8-9H;1-5,7-8H,9H2;6-7H,1-5H3;2*1H;/q;2*-1;;;+2/p-2. The molecule has 0 amide bonds. The van der Waals surface area contributed by atoms with Gasteiger partial charge in [-0.25, -0.2) is 6.07 Å². The van der Waals surface area contributed by atoms with Crippen LogP contribution < -0.4 is 30.0 Å². The van der Waals surface area contributed by atoms with Crippen LogP contribution in [-0.2, 0) is 43.0 Å². The van der Waals surface area contributed by atoms with Gasteiger partial charge in [0.05, 0.1) is 0 Å². The molecule has 0 bridgehead atoms. The van der Waals surface area contributed by atoms with Crippen LogP contribution in [0.4, 0.5) is 26.3 Å². The van der Waals surface area contributed by atoms with Gasteiger partial charge in [-0.2, -0.15) is 52.2 Å². The van der Waals surface area contributed by atoms with Crippen molar-refractivity contribution in [3.8, 4) is 11.1 Å². The Morgan fingerprint density at radius 3 is 1.69 bits per heavy atom. The molecule has 1 aliphatic carbocycles. The molecular weight excluding hydrogens is 761 g/mol. The first kappa shape index (κ1) is 41.5. The summed E-state index contributed by atoms with van der Waals surface area (Å²) in [6.45, 7) is 11.6. The predicted molar refractivity (Wildman–Crippen MR) is 174 cm³/mol. The van der Waals surface area contributed by atoms with Gasteiger partial charge in [0.2, 0.25) is 0 Å². The molecule has 0 atom stereocenters. The minimum atomic E-state index is -4.49. The number of fused-ring (bicyclic) bond motifs is 3. The number of hydrogen-bond donors (Lipinski definition) is 0. The van der Waals surface area contributed by atoms with E-state index in [0.717, 1.165) is 54.9 Å². The second-order valence-corrected chi connectivity index (χ2v) is 18.6. The minimum Gasteiger partial charge on any atom is -1.00 e. The van der Waals surface area contributed by atoms with Crippen molar-refractivity contribution in [3.05, 3.63) is 154 Å². The maximum Gasteiger partial charge on any atom is -0.0253 e. The second-order valence-electron chi connectivity index (χ2n) is 12.3. The van der Waals surface area contributed by atoms with Crippen molar-refractivity contribution in [2.45, 2.75) is 52.3 Å². The zero-order valence-corrected chi connectivity index (χ0v) is 32.0. The molecule has 5 aromatic rings. The molecule has 10 heteroatoms. The first-order valence-corrected chi connectivity index (χ1v) is 19.4. The fourth-order valence-electron chi connectivity index (χ4n) is 5.48. The van der Waals surface area contributed by atoms with E-state index in [9.17, 15) is 26.3 Å². The fraction of sp³-hybridized carbons (Fsp3) is 0.211. The SMILES string of the molecule is Cc1cc([Si](C)(C)C)c(C)[cH-]1.FC(F)(F)c1cccc([C](=[Zr+2])c2cccc(C(F)(F)F)c2)c1.[Cl-].[Cl-].[c-]1cccc2c1Cc1ccccc1-2. The molecule has 5 aromatic carbocycles. The van der Waals surface area contributed by atoms with Crippen molar-refractivity contribution in [3.63, 3.8) is 0 Å². The molecule has 0 radical (unpaired) electrons. The molecule has 0 nitrogen and oxygen atoms in total. The van der Waals surface area contributed by atoms with E-state index in [0.29, 0.717) is 3.21 Å². The van der Waals surface area contributed by atoms with Gasteiger partial charge in [-0.15, -0.1) is 5.56 Å². The minimum absolute atomic E-state index is 0. The Hall–Kier alpha value is -2.64. The summed E-state index contributed by atoms with van der Waals surface area (Å²) in [5.41, 5.74) is 7.31. The van der Waals surface area contributed by atoms with Crippen LogP contribution in [0.3, 0.4) is 0 Å². The van der Waals surface area contributed by atoms with Crippen LogP contribution in [-0.4, -0.2) is 11.3 Å². The van der Waals surface area contributed by atoms with Crippen LogP contribution in [0.5, 0.6) is 0 Å². The van der Waals surface area contributed by atoms with E-state index in [1.807, 2.05) is 6.07 Å². The second kappa shape index (κ2) is 16.8. The molecule has 0 N–H and O–H groups in total. The van der Waals surface area contributed by atoms with Gasteiger partial charge in [-0.05, 0) is 6.42 Å². The largest absolute Gasteiger partial charge is 1.00 e. The van der Waals surface area contributed by atoms with E-state index in [4.69, 9.17) is 0 Å². The Morgan fingerprint density at radius 2 is 1.23 bits per heavy atom. The topological polar surface area (TPSA) is 0 Å². The van der Waals surface area contributed by atoms with Crippen LogP contribution in [0.15, 0.2) is 103 Å². The maximum absolute atomic E-state index is 12.7. The molecule has 1 aliphatic rings. The number of rotatable bonds is 3. The predicted octanol–water partition coefficient (Wildman–Crippen LogP) is 4.47. The van der Waals surface area contributed by atoms with Gasteiger partial charge in [0, 0.05) is 8.07 Å². The summed E-state index contributed by atoms with van der Waals surface area (Å²) < 4.78 is 76.7. The van der Waals surface area contributed by atoms with Gasteiger partial charge < -0.3 is 24.8 Å². The van der Waals surface area contributed by atoms with Gasteiger partial charge in [0.1, 0.15) is 0 Å². The summed E-state index contributed by atoms with van der Waals surface area (Å²) in [5.74, 6) is 0. The monoisotopic (exact) mass is 792 g/mol. The molecule has 252 valence electrons. The zero-order chi connectivity index (χ0) is 33.9. The Bertz CT molecular complexity index is 1730. The van der Waals surface area contributed by atoms with Crippen LogP contribution in [0.1, 0.15) is 44.5 Å². The Morgan fingerprint density at radius 1 is 0.708 bits per heavy atom. The van der Waals surface area contributed by atoms with Crippen molar-refractivity contribution in [2.75, 3.05) is 0 Å². The van der Waals surface area contributed by atoms with E-state index in [-0.39, 0.29) is 35.9 Å². The first-order valence-electron chi connectivity index (χ1n) is 14.7. The Balaban J connectivity index is 0.000000263. The quantitative estimate of drug-likeness (QED) is 0.141. The molecule has 0 spiro atoms. The van der Waals surface area contributed by atoms with Crippen molar-refractivity contribution in [1.29, 1.82) is 0 Å². The van der Waals surface area contributed by atoms with E-state index in [1.165, 1.54) is 57.6 Å². The average molecular weight is 795 g/mol. The molecule has 0 saturated carbocycles. The van der Waals surface area contributed by atoms with E-state index >= 15 is 0 Å². The summed E-state index contributed by atoms with van der Waals surface area (Å²) in [4.78, 5) is 0. The van der Waals surface area contributed by atoms with Gasteiger partial charge >= 0.3 is 137 Å². The Kier molecular flexibility index (Phi) is 14.6. The van der Waals surface area contributed by atoms with Gasteiger partial charge in [0.15, 0.2) is 0 Å². The summed E-state index contributed by atoms with van der Waals surface area (Å²) in [6, 6.07) is 31.9. The molecule has 0 unspecified atom stereocenters. The number of aryl methyl sites for hydroxylation is 2. The van der Waals surface area contributed by atoms with Gasteiger partial charge in [-0.3, -0.25) is 0 Å². The smallest absolute Gasteiger partial charge is 0.0253 e. The third-order valence-corrected chi connectivity index (χ3v) is 11.2. The van der Waals surface area contributed by atoms with Crippen LogP contribution in [0.2, 0.25) is 19.6 Å². The van der Waals surface area contributed by atoms with Crippen LogP contribution in [0.25, 0.3) is 11.1 Å². The number of alkyl halides is 6.